The Morgan fingerprint density at radius 1 is 0.913 bits per heavy atom. The summed E-state index contributed by atoms with van der Waals surface area (Å²) in [6.45, 7) is 8.62. The fourth-order valence-electron chi connectivity index (χ4n) is 2.27. The number of nitrogens with zero attached hydrogens (tertiary/aromatic N) is 2. The minimum Gasteiger partial charge on any atom is -0.478 e. The highest BCUT2D eigenvalue weighted by molar-refractivity contribution is 5.87. The molecule has 0 radical (unpaired) electrons. The molecule has 0 aliphatic rings. The van der Waals surface area contributed by atoms with E-state index in [-0.39, 0.29) is 5.56 Å². The lowest BCUT2D eigenvalue weighted by Crippen LogP contribution is -1.94. The molecule has 0 spiro atoms. The van der Waals surface area contributed by atoms with Gasteiger partial charge in [-0.3, -0.25) is 0 Å². The lowest BCUT2D eigenvalue weighted by Gasteiger charge is -2.13. The van der Waals surface area contributed by atoms with Crippen LogP contribution in [0.15, 0.2) is 52.7 Å². The average Bonchev–Trinajstić information content (AvgIpc) is 2.52. The van der Waals surface area contributed by atoms with E-state index < -0.39 is 5.97 Å². The third-order valence-electron chi connectivity index (χ3n) is 3.73. The maximum atomic E-state index is 10.8. The SMILES string of the molecule is CC(C)c1ccc(N=Nc2ccc(C(=O)O)cc2)c(C(C)C)c1. The summed E-state index contributed by atoms with van der Waals surface area (Å²) >= 11 is 0. The summed E-state index contributed by atoms with van der Waals surface area (Å²) in [5, 5.41) is 17.5. The Morgan fingerprint density at radius 2 is 1.57 bits per heavy atom. The van der Waals surface area contributed by atoms with Crippen LogP contribution in [0, 0.1) is 0 Å². The zero-order chi connectivity index (χ0) is 17.0. The van der Waals surface area contributed by atoms with Crippen molar-refractivity contribution >= 4 is 17.3 Å². The normalized spacial score (nSPS) is 11.6. The number of hydrogen-bond acceptors (Lipinski definition) is 3. The molecule has 23 heavy (non-hydrogen) atoms. The molecule has 0 aliphatic heterocycles. The van der Waals surface area contributed by atoms with Crippen molar-refractivity contribution in [1.82, 2.24) is 0 Å². The van der Waals surface area contributed by atoms with E-state index in [9.17, 15) is 4.79 Å². The number of azo groups is 1. The van der Waals surface area contributed by atoms with Crippen LogP contribution >= 0.6 is 0 Å². The molecule has 0 saturated carbocycles. The van der Waals surface area contributed by atoms with E-state index in [0.29, 0.717) is 17.5 Å². The summed E-state index contributed by atoms with van der Waals surface area (Å²) in [7, 11) is 0. The van der Waals surface area contributed by atoms with Crippen LogP contribution in [0.4, 0.5) is 11.4 Å². The summed E-state index contributed by atoms with van der Waals surface area (Å²) in [4.78, 5) is 10.8. The van der Waals surface area contributed by atoms with Crippen molar-refractivity contribution in [2.24, 2.45) is 10.2 Å². The second-order valence-electron chi connectivity index (χ2n) is 6.18. The van der Waals surface area contributed by atoms with Crippen molar-refractivity contribution in [3.63, 3.8) is 0 Å². The van der Waals surface area contributed by atoms with Crippen LogP contribution in [0.1, 0.15) is 61.0 Å². The fourth-order valence-corrected chi connectivity index (χ4v) is 2.27. The first-order valence-electron chi connectivity index (χ1n) is 7.77. The van der Waals surface area contributed by atoms with Crippen LogP contribution in [0.25, 0.3) is 0 Å². The number of carboxylic acid groups (broad SMARTS) is 1. The number of aromatic carboxylic acids is 1. The highest BCUT2D eigenvalue weighted by Gasteiger charge is 2.09. The zero-order valence-corrected chi connectivity index (χ0v) is 13.9. The summed E-state index contributed by atoms with van der Waals surface area (Å²) in [6.07, 6.45) is 0. The van der Waals surface area contributed by atoms with Gasteiger partial charge in [0.1, 0.15) is 0 Å². The van der Waals surface area contributed by atoms with Gasteiger partial charge in [0, 0.05) is 0 Å². The number of carbonyl (C=O) groups is 1. The molecule has 0 fully saturated rings. The van der Waals surface area contributed by atoms with Crippen molar-refractivity contribution in [2.45, 2.75) is 39.5 Å². The Kier molecular flexibility index (Phi) is 5.27. The Bertz CT molecular complexity index is 717. The molecule has 2 aromatic rings. The summed E-state index contributed by atoms with van der Waals surface area (Å²) in [5.74, 6) is -0.112. The summed E-state index contributed by atoms with van der Waals surface area (Å²) in [5.41, 5.74) is 4.19. The predicted molar refractivity (Wildman–Crippen MR) is 92.2 cm³/mol. The molecule has 1 N–H and O–H groups in total. The standard InChI is InChI=1S/C19H22N2O2/c1-12(2)15-7-10-18(17(11-15)13(3)4)21-20-16-8-5-14(6-9-16)19(22)23/h5-13H,1-4H3,(H,22,23). The van der Waals surface area contributed by atoms with E-state index >= 15 is 0 Å². The predicted octanol–water partition coefficient (Wildman–Crippen LogP) is 6.05. The minimum absolute atomic E-state index is 0.244. The van der Waals surface area contributed by atoms with Crippen molar-refractivity contribution in [2.75, 3.05) is 0 Å². The van der Waals surface area contributed by atoms with E-state index in [1.165, 1.54) is 23.3 Å². The number of hydrogen-bond donors (Lipinski definition) is 1. The molecule has 0 amide bonds. The topological polar surface area (TPSA) is 62.0 Å². The third-order valence-corrected chi connectivity index (χ3v) is 3.73. The lowest BCUT2D eigenvalue weighted by molar-refractivity contribution is 0.0697. The number of carboxylic acids is 1. The third kappa shape index (κ3) is 4.25. The highest BCUT2D eigenvalue weighted by Crippen LogP contribution is 2.31. The monoisotopic (exact) mass is 310 g/mol. The van der Waals surface area contributed by atoms with E-state index in [4.69, 9.17) is 5.11 Å². The largest absolute Gasteiger partial charge is 0.478 e. The fraction of sp³-hybridized carbons (Fsp3) is 0.316. The molecule has 0 unspecified atom stereocenters. The molecule has 0 bridgehead atoms. The maximum Gasteiger partial charge on any atom is 0.335 e. The minimum atomic E-state index is -0.945. The van der Waals surface area contributed by atoms with Crippen LogP contribution in [0.2, 0.25) is 0 Å². The lowest BCUT2D eigenvalue weighted by atomic mass is 9.94. The van der Waals surface area contributed by atoms with Crippen LogP contribution in [-0.4, -0.2) is 11.1 Å². The second-order valence-corrected chi connectivity index (χ2v) is 6.18. The Morgan fingerprint density at radius 3 is 2.09 bits per heavy atom. The van der Waals surface area contributed by atoms with Gasteiger partial charge in [-0.2, -0.15) is 10.2 Å². The molecule has 2 rings (SSSR count). The van der Waals surface area contributed by atoms with Gasteiger partial charge in [-0.15, -0.1) is 0 Å². The van der Waals surface area contributed by atoms with Gasteiger partial charge in [-0.1, -0.05) is 39.8 Å². The Balaban J connectivity index is 2.29. The van der Waals surface area contributed by atoms with E-state index in [0.717, 1.165) is 5.69 Å². The molecule has 0 saturated heterocycles. The highest BCUT2D eigenvalue weighted by atomic mass is 16.4. The molecule has 120 valence electrons. The molecule has 0 aromatic heterocycles. The molecular weight excluding hydrogens is 288 g/mol. The first-order chi connectivity index (χ1) is 10.9. The van der Waals surface area contributed by atoms with Gasteiger partial charge in [-0.05, 0) is 53.3 Å². The van der Waals surface area contributed by atoms with Crippen molar-refractivity contribution < 1.29 is 9.90 Å². The number of rotatable bonds is 5. The van der Waals surface area contributed by atoms with Crippen molar-refractivity contribution in [1.29, 1.82) is 0 Å². The van der Waals surface area contributed by atoms with Crippen LogP contribution in [0.5, 0.6) is 0 Å². The first-order valence-corrected chi connectivity index (χ1v) is 7.77. The van der Waals surface area contributed by atoms with Crippen molar-refractivity contribution in [3.05, 3.63) is 59.2 Å². The van der Waals surface area contributed by atoms with Crippen molar-refractivity contribution in [3.8, 4) is 0 Å². The van der Waals surface area contributed by atoms with Gasteiger partial charge in [-0.25, -0.2) is 4.79 Å². The van der Waals surface area contributed by atoms with E-state index in [1.807, 2.05) is 6.07 Å². The van der Waals surface area contributed by atoms with Gasteiger partial charge in [0.25, 0.3) is 0 Å². The Hall–Kier alpha value is -2.49. The molecule has 4 nitrogen and oxygen atoms in total. The molecule has 0 aliphatic carbocycles. The summed E-state index contributed by atoms with van der Waals surface area (Å²) < 4.78 is 0. The molecule has 0 atom stereocenters. The molecule has 0 heterocycles. The van der Waals surface area contributed by atoms with Gasteiger partial charge < -0.3 is 5.11 Å². The average molecular weight is 310 g/mol. The van der Waals surface area contributed by atoms with E-state index in [2.05, 4.69) is 50.1 Å². The first kappa shape index (κ1) is 16.9. The van der Waals surface area contributed by atoms with Crippen LogP contribution in [0.3, 0.4) is 0 Å². The van der Waals surface area contributed by atoms with Gasteiger partial charge >= 0.3 is 5.97 Å². The zero-order valence-electron chi connectivity index (χ0n) is 13.9. The van der Waals surface area contributed by atoms with E-state index in [1.54, 1.807) is 12.1 Å². The smallest absolute Gasteiger partial charge is 0.335 e. The molecular formula is C19H22N2O2. The maximum absolute atomic E-state index is 10.8. The number of benzene rings is 2. The van der Waals surface area contributed by atoms with Gasteiger partial charge in [0.15, 0.2) is 0 Å². The molecule has 2 aromatic carbocycles. The quantitative estimate of drug-likeness (QED) is 0.683. The van der Waals surface area contributed by atoms with Crippen LogP contribution in [-0.2, 0) is 0 Å². The second kappa shape index (κ2) is 7.18. The Labute approximate surface area is 136 Å². The summed E-state index contributed by atoms with van der Waals surface area (Å²) in [6, 6.07) is 12.6. The molecule has 4 heteroatoms. The van der Waals surface area contributed by atoms with Gasteiger partial charge in [0.2, 0.25) is 0 Å². The van der Waals surface area contributed by atoms with Gasteiger partial charge in [0.05, 0.1) is 16.9 Å². The van der Waals surface area contributed by atoms with Crippen LogP contribution < -0.4 is 0 Å².